The van der Waals surface area contributed by atoms with Crippen LogP contribution in [0.2, 0.25) is 0 Å². The monoisotopic (exact) mass is 387 g/mol. The molecule has 1 fully saturated rings. The molecule has 0 unspecified atom stereocenters. The molecule has 1 aliphatic heterocycles. The summed E-state index contributed by atoms with van der Waals surface area (Å²) in [6, 6.07) is 3.96. The second kappa shape index (κ2) is 5.83. The highest BCUT2D eigenvalue weighted by molar-refractivity contribution is 7.94. The van der Waals surface area contributed by atoms with Crippen LogP contribution in [0.15, 0.2) is 34.7 Å². The number of aromatic nitrogens is 1. The van der Waals surface area contributed by atoms with Gasteiger partial charge >= 0.3 is 0 Å². The minimum absolute atomic E-state index is 0.00880. The quantitative estimate of drug-likeness (QED) is 0.846. The van der Waals surface area contributed by atoms with E-state index in [1.165, 1.54) is 31.3 Å². The van der Waals surface area contributed by atoms with Gasteiger partial charge in [-0.05, 0) is 30.7 Å². The molecule has 0 bridgehead atoms. The van der Waals surface area contributed by atoms with Gasteiger partial charge in [-0.15, -0.1) is 11.3 Å². The highest BCUT2D eigenvalue weighted by Crippen LogP contribution is 2.29. The zero-order chi connectivity index (χ0) is 17.5. The number of carbonyl (C=O) groups is 1. The minimum Gasteiger partial charge on any atom is -0.273 e. The zero-order valence-electron chi connectivity index (χ0n) is 12.5. The molecule has 0 aliphatic carbocycles. The van der Waals surface area contributed by atoms with Crippen LogP contribution >= 0.6 is 11.3 Å². The fraction of sp³-hybridized carbons (Fsp3) is 0.231. The molecule has 0 saturated carbocycles. The highest BCUT2D eigenvalue weighted by atomic mass is 32.2. The average molecular weight is 387 g/mol. The molecule has 24 heavy (non-hydrogen) atoms. The number of rotatable bonds is 4. The number of sulfonamides is 2. The van der Waals surface area contributed by atoms with Crippen molar-refractivity contribution in [3.8, 4) is 0 Å². The number of aryl methyl sites for hydroxylation is 1. The van der Waals surface area contributed by atoms with Crippen molar-refractivity contribution in [2.24, 2.45) is 0 Å². The molecule has 2 aromatic rings. The summed E-state index contributed by atoms with van der Waals surface area (Å²) in [6.45, 7) is 1.53. The van der Waals surface area contributed by atoms with Crippen LogP contribution in [0, 0.1) is 6.92 Å². The van der Waals surface area contributed by atoms with Crippen LogP contribution in [0.1, 0.15) is 12.0 Å². The van der Waals surface area contributed by atoms with Gasteiger partial charge in [-0.25, -0.2) is 26.1 Å². The van der Waals surface area contributed by atoms with Crippen molar-refractivity contribution in [1.29, 1.82) is 0 Å². The van der Waals surface area contributed by atoms with E-state index < -0.39 is 26.0 Å². The molecule has 11 heteroatoms. The van der Waals surface area contributed by atoms with Crippen LogP contribution in [0.4, 0.5) is 10.8 Å². The Morgan fingerprint density at radius 2 is 2.08 bits per heavy atom. The molecule has 1 aromatic carbocycles. The fourth-order valence-electron chi connectivity index (χ4n) is 2.37. The summed E-state index contributed by atoms with van der Waals surface area (Å²) >= 11 is 1.14. The third-order valence-corrected chi connectivity index (χ3v) is 7.42. The fourth-order valence-corrected chi connectivity index (χ4v) is 5.84. The van der Waals surface area contributed by atoms with E-state index in [0.29, 0.717) is 5.56 Å². The van der Waals surface area contributed by atoms with Gasteiger partial charge in [-0.2, -0.15) is 0 Å². The number of hydrogen-bond acceptors (Lipinski definition) is 7. The Balaban J connectivity index is 1.97. The highest BCUT2D eigenvalue weighted by Gasteiger charge is 2.36. The number of carbonyl (C=O) groups excluding carboxylic acids is 1. The molecular formula is C13H13N3O5S3. The standard InChI is InChI=1S/C13H13N3O5S3/c1-9-8-10(16-12(17)4-7-23(16,18)19)2-3-11(9)24(20,21)15-13-14-5-6-22-13/h2-3,5-6,8H,4,7H2,1H3,(H,14,15). The average Bonchev–Trinajstić information content (AvgIpc) is 3.06. The van der Waals surface area contributed by atoms with Gasteiger partial charge in [0.1, 0.15) is 0 Å². The van der Waals surface area contributed by atoms with Crippen molar-refractivity contribution >= 4 is 48.1 Å². The number of nitrogens with zero attached hydrogens (tertiary/aromatic N) is 2. The van der Waals surface area contributed by atoms with Gasteiger partial charge in [0.15, 0.2) is 5.13 Å². The smallest absolute Gasteiger partial charge is 0.263 e. The first-order valence-corrected chi connectivity index (χ1v) is 10.8. The maximum absolute atomic E-state index is 12.4. The van der Waals surface area contributed by atoms with Gasteiger partial charge in [0.2, 0.25) is 15.9 Å². The number of amides is 1. The molecule has 3 rings (SSSR count). The first-order valence-electron chi connectivity index (χ1n) is 6.79. The molecule has 1 N–H and O–H groups in total. The first-order chi connectivity index (χ1) is 11.2. The van der Waals surface area contributed by atoms with E-state index in [-0.39, 0.29) is 27.9 Å². The van der Waals surface area contributed by atoms with Gasteiger partial charge in [-0.1, -0.05) is 0 Å². The molecule has 0 spiro atoms. The summed E-state index contributed by atoms with van der Waals surface area (Å²) in [5, 5.41) is 1.87. The number of anilines is 2. The van der Waals surface area contributed by atoms with Gasteiger partial charge < -0.3 is 0 Å². The number of hydrogen-bond donors (Lipinski definition) is 1. The van der Waals surface area contributed by atoms with Gasteiger partial charge in [-0.3, -0.25) is 9.52 Å². The number of benzene rings is 1. The zero-order valence-corrected chi connectivity index (χ0v) is 14.9. The van der Waals surface area contributed by atoms with E-state index >= 15 is 0 Å². The SMILES string of the molecule is Cc1cc(N2C(=O)CCS2(=O)=O)ccc1S(=O)(=O)Nc1nccs1. The van der Waals surface area contributed by atoms with E-state index in [1.54, 1.807) is 5.38 Å². The van der Waals surface area contributed by atoms with Crippen molar-refractivity contribution in [2.45, 2.75) is 18.2 Å². The number of nitrogens with one attached hydrogen (secondary N) is 1. The van der Waals surface area contributed by atoms with Crippen LogP contribution in [0.3, 0.4) is 0 Å². The predicted molar refractivity (Wildman–Crippen MR) is 90.0 cm³/mol. The Bertz CT molecular complexity index is 997. The number of thiazole rings is 1. The van der Waals surface area contributed by atoms with Crippen LogP contribution in [-0.2, 0) is 24.8 Å². The molecule has 0 atom stereocenters. The molecule has 0 radical (unpaired) electrons. The molecule has 1 saturated heterocycles. The molecule has 2 heterocycles. The minimum atomic E-state index is -3.85. The van der Waals surface area contributed by atoms with Crippen molar-refractivity contribution < 1.29 is 21.6 Å². The van der Waals surface area contributed by atoms with Crippen LogP contribution in [0.25, 0.3) is 0 Å². The predicted octanol–water partition coefficient (Wildman–Crippen LogP) is 1.32. The van der Waals surface area contributed by atoms with Crippen molar-refractivity contribution in [3.63, 3.8) is 0 Å². The lowest BCUT2D eigenvalue weighted by atomic mass is 10.2. The van der Waals surface area contributed by atoms with Gasteiger partial charge in [0, 0.05) is 18.0 Å². The summed E-state index contributed by atoms with van der Waals surface area (Å²) < 4.78 is 51.8. The summed E-state index contributed by atoms with van der Waals surface area (Å²) in [5.74, 6) is -0.762. The normalized spacial score (nSPS) is 17.2. The summed E-state index contributed by atoms with van der Waals surface area (Å²) in [5.41, 5.74) is 0.467. The van der Waals surface area contributed by atoms with E-state index in [4.69, 9.17) is 0 Å². The lowest BCUT2D eigenvalue weighted by Gasteiger charge is -2.17. The van der Waals surface area contributed by atoms with Gasteiger partial charge in [0.05, 0.1) is 16.3 Å². The van der Waals surface area contributed by atoms with E-state index in [2.05, 4.69) is 9.71 Å². The molecule has 1 aliphatic rings. The van der Waals surface area contributed by atoms with Crippen molar-refractivity contribution in [2.75, 3.05) is 14.8 Å². The molecule has 128 valence electrons. The van der Waals surface area contributed by atoms with Crippen LogP contribution in [-0.4, -0.2) is 33.5 Å². The summed E-state index contributed by atoms with van der Waals surface area (Å²) in [4.78, 5) is 15.7. The lowest BCUT2D eigenvalue weighted by molar-refractivity contribution is -0.116. The van der Waals surface area contributed by atoms with E-state index in [0.717, 1.165) is 15.6 Å². The Morgan fingerprint density at radius 1 is 1.33 bits per heavy atom. The lowest BCUT2D eigenvalue weighted by Crippen LogP contribution is -2.29. The van der Waals surface area contributed by atoms with Crippen LogP contribution in [0.5, 0.6) is 0 Å². The second-order valence-electron chi connectivity index (χ2n) is 5.12. The Morgan fingerprint density at radius 3 is 2.62 bits per heavy atom. The summed E-state index contributed by atoms with van der Waals surface area (Å²) in [7, 11) is -7.54. The molecule has 8 nitrogen and oxygen atoms in total. The van der Waals surface area contributed by atoms with E-state index in [9.17, 15) is 21.6 Å². The second-order valence-corrected chi connectivity index (χ2v) is 9.60. The first kappa shape index (κ1) is 16.9. The van der Waals surface area contributed by atoms with Crippen LogP contribution < -0.4 is 9.03 Å². The van der Waals surface area contributed by atoms with Gasteiger partial charge in [0.25, 0.3) is 10.0 Å². The van der Waals surface area contributed by atoms with Crippen molar-refractivity contribution in [3.05, 3.63) is 35.3 Å². The third kappa shape index (κ3) is 3.01. The molecular weight excluding hydrogens is 374 g/mol. The maximum Gasteiger partial charge on any atom is 0.263 e. The third-order valence-electron chi connectivity index (χ3n) is 3.42. The Hall–Kier alpha value is -1.98. The Kier molecular flexibility index (Phi) is 4.10. The Labute approximate surface area is 143 Å². The topological polar surface area (TPSA) is 114 Å². The van der Waals surface area contributed by atoms with Crippen molar-refractivity contribution in [1.82, 2.24) is 4.98 Å². The van der Waals surface area contributed by atoms with E-state index in [1.807, 2.05) is 0 Å². The maximum atomic E-state index is 12.4. The molecule has 1 amide bonds. The largest absolute Gasteiger partial charge is 0.273 e. The molecule has 1 aromatic heterocycles. The summed E-state index contributed by atoms with van der Waals surface area (Å²) in [6.07, 6.45) is 1.40.